The molecule has 2 rings (SSSR count). The van der Waals surface area contributed by atoms with E-state index in [0.717, 1.165) is 25.4 Å². The minimum atomic E-state index is -0.132. The minimum absolute atomic E-state index is 0.132. The molecule has 1 aliphatic heterocycles. The van der Waals surface area contributed by atoms with Gasteiger partial charge in [0.15, 0.2) is 0 Å². The van der Waals surface area contributed by atoms with Gasteiger partial charge in [0.1, 0.15) is 0 Å². The SMILES string of the molecule is CC(C)CC1(CNCC2CC(O)CN2)CCCC1. The van der Waals surface area contributed by atoms with Crippen LogP contribution in [0.25, 0.3) is 0 Å². The molecule has 0 aromatic rings. The molecule has 1 saturated heterocycles. The zero-order chi connectivity index (χ0) is 13.0. The lowest BCUT2D eigenvalue weighted by Crippen LogP contribution is -2.40. The van der Waals surface area contributed by atoms with Gasteiger partial charge in [0, 0.05) is 25.7 Å². The highest BCUT2D eigenvalue weighted by Crippen LogP contribution is 2.42. The number of aliphatic hydroxyl groups excluding tert-OH is 1. The topological polar surface area (TPSA) is 44.3 Å². The molecule has 1 saturated carbocycles. The molecule has 2 atom stereocenters. The number of aliphatic hydroxyl groups is 1. The van der Waals surface area contributed by atoms with Crippen LogP contribution in [0.1, 0.15) is 52.4 Å². The maximum Gasteiger partial charge on any atom is 0.0680 e. The van der Waals surface area contributed by atoms with Gasteiger partial charge in [-0.2, -0.15) is 0 Å². The van der Waals surface area contributed by atoms with Crippen molar-refractivity contribution >= 4 is 0 Å². The summed E-state index contributed by atoms with van der Waals surface area (Å²) < 4.78 is 0. The van der Waals surface area contributed by atoms with Gasteiger partial charge in [-0.3, -0.25) is 0 Å². The smallest absolute Gasteiger partial charge is 0.0680 e. The first-order valence-corrected chi connectivity index (χ1v) is 7.72. The molecule has 3 nitrogen and oxygen atoms in total. The van der Waals surface area contributed by atoms with Gasteiger partial charge < -0.3 is 15.7 Å². The fourth-order valence-corrected chi connectivity index (χ4v) is 3.91. The molecule has 0 aromatic carbocycles. The molecule has 2 fully saturated rings. The fourth-order valence-electron chi connectivity index (χ4n) is 3.91. The highest BCUT2D eigenvalue weighted by molar-refractivity contribution is 4.89. The van der Waals surface area contributed by atoms with Gasteiger partial charge in [0.25, 0.3) is 0 Å². The minimum Gasteiger partial charge on any atom is -0.392 e. The predicted molar refractivity (Wildman–Crippen MR) is 75.6 cm³/mol. The average molecular weight is 254 g/mol. The molecule has 3 N–H and O–H groups in total. The van der Waals surface area contributed by atoms with E-state index in [0.29, 0.717) is 11.5 Å². The first-order valence-electron chi connectivity index (χ1n) is 7.72. The lowest BCUT2D eigenvalue weighted by atomic mass is 9.78. The summed E-state index contributed by atoms with van der Waals surface area (Å²) in [6, 6.07) is 0.470. The zero-order valence-corrected chi connectivity index (χ0v) is 12.0. The van der Waals surface area contributed by atoms with E-state index in [4.69, 9.17) is 0 Å². The molecule has 0 radical (unpaired) electrons. The fraction of sp³-hybridized carbons (Fsp3) is 1.00. The van der Waals surface area contributed by atoms with Crippen LogP contribution in [0.3, 0.4) is 0 Å². The Hall–Kier alpha value is -0.120. The van der Waals surface area contributed by atoms with Gasteiger partial charge in [0.2, 0.25) is 0 Å². The van der Waals surface area contributed by atoms with Gasteiger partial charge in [-0.1, -0.05) is 26.7 Å². The van der Waals surface area contributed by atoms with E-state index in [1.807, 2.05) is 0 Å². The van der Waals surface area contributed by atoms with Gasteiger partial charge in [-0.05, 0) is 37.0 Å². The van der Waals surface area contributed by atoms with Gasteiger partial charge in [-0.15, -0.1) is 0 Å². The summed E-state index contributed by atoms with van der Waals surface area (Å²) in [5, 5.41) is 16.5. The van der Waals surface area contributed by atoms with Crippen LogP contribution in [0.15, 0.2) is 0 Å². The van der Waals surface area contributed by atoms with Crippen molar-refractivity contribution in [2.24, 2.45) is 11.3 Å². The predicted octanol–water partition coefficient (Wildman–Crippen LogP) is 1.91. The van der Waals surface area contributed by atoms with Crippen LogP contribution in [0.5, 0.6) is 0 Å². The molecule has 1 aliphatic carbocycles. The Kier molecular flexibility index (Phi) is 5.05. The van der Waals surface area contributed by atoms with E-state index < -0.39 is 0 Å². The summed E-state index contributed by atoms with van der Waals surface area (Å²) in [6.45, 7) is 7.63. The second-order valence-corrected chi connectivity index (χ2v) is 6.93. The molecular formula is C15H30N2O. The van der Waals surface area contributed by atoms with Crippen molar-refractivity contribution in [1.29, 1.82) is 0 Å². The van der Waals surface area contributed by atoms with Gasteiger partial charge >= 0.3 is 0 Å². The standard InChI is InChI=1S/C15H30N2O/c1-12(2)8-15(5-3-4-6-15)11-16-9-13-7-14(18)10-17-13/h12-14,16-18H,3-11H2,1-2H3. The number of hydrogen-bond donors (Lipinski definition) is 3. The first-order chi connectivity index (χ1) is 8.60. The monoisotopic (exact) mass is 254 g/mol. The molecule has 1 heterocycles. The van der Waals surface area contributed by atoms with Crippen LogP contribution in [0.4, 0.5) is 0 Å². The van der Waals surface area contributed by atoms with E-state index >= 15 is 0 Å². The summed E-state index contributed by atoms with van der Waals surface area (Å²) >= 11 is 0. The Bertz CT molecular complexity index is 249. The summed E-state index contributed by atoms with van der Waals surface area (Å²) in [5.74, 6) is 0.802. The number of hydrogen-bond acceptors (Lipinski definition) is 3. The van der Waals surface area contributed by atoms with Crippen molar-refractivity contribution in [3.63, 3.8) is 0 Å². The first kappa shape index (κ1) is 14.3. The molecule has 0 amide bonds. The van der Waals surface area contributed by atoms with Crippen molar-refractivity contribution in [2.45, 2.75) is 64.5 Å². The van der Waals surface area contributed by atoms with Crippen LogP contribution < -0.4 is 10.6 Å². The Balaban J connectivity index is 1.72. The summed E-state index contributed by atoms with van der Waals surface area (Å²) in [5.41, 5.74) is 0.561. The number of rotatable bonds is 6. The Morgan fingerprint density at radius 1 is 1.33 bits per heavy atom. The van der Waals surface area contributed by atoms with E-state index in [9.17, 15) is 5.11 Å². The highest BCUT2D eigenvalue weighted by atomic mass is 16.3. The number of nitrogens with one attached hydrogen (secondary N) is 2. The Morgan fingerprint density at radius 2 is 2.06 bits per heavy atom. The molecule has 2 aliphatic rings. The molecule has 0 spiro atoms. The van der Waals surface area contributed by atoms with E-state index in [1.165, 1.54) is 38.6 Å². The zero-order valence-electron chi connectivity index (χ0n) is 12.0. The third-order valence-corrected chi connectivity index (χ3v) is 4.59. The summed E-state index contributed by atoms with van der Waals surface area (Å²) in [7, 11) is 0. The van der Waals surface area contributed by atoms with Crippen molar-refractivity contribution < 1.29 is 5.11 Å². The molecule has 3 heteroatoms. The van der Waals surface area contributed by atoms with Gasteiger partial charge in [0.05, 0.1) is 6.10 Å². The maximum atomic E-state index is 9.49. The summed E-state index contributed by atoms with van der Waals surface area (Å²) in [4.78, 5) is 0. The van der Waals surface area contributed by atoms with Gasteiger partial charge in [-0.25, -0.2) is 0 Å². The third-order valence-electron chi connectivity index (χ3n) is 4.59. The molecular weight excluding hydrogens is 224 g/mol. The lowest BCUT2D eigenvalue weighted by Gasteiger charge is -2.32. The van der Waals surface area contributed by atoms with Crippen molar-refractivity contribution in [3.8, 4) is 0 Å². The van der Waals surface area contributed by atoms with Crippen molar-refractivity contribution in [1.82, 2.24) is 10.6 Å². The molecule has 0 bridgehead atoms. The van der Waals surface area contributed by atoms with E-state index in [-0.39, 0.29) is 6.10 Å². The van der Waals surface area contributed by atoms with Crippen LogP contribution >= 0.6 is 0 Å². The van der Waals surface area contributed by atoms with Crippen LogP contribution in [0, 0.1) is 11.3 Å². The summed E-state index contributed by atoms with van der Waals surface area (Å²) in [6.07, 6.45) is 7.76. The van der Waals surface area contributed by atoms with Crippen LogP contribution in [-0.4, -0.2) is 36.9 Å². The molecule has 18 heavy (non-hydrogen) atoms. The molecule has 2 unspecified atom stereocenters. The molecule has 0 aromatic heterocycles. The van der Waals surface area contributed by atoms with Crippen LogP contribution in [0.2, 0.25) is 0 Å². The second-order valence-electron chi connectivity index (χ2n) is 6.93. The number of β-amino-alcohol motifs (C(OH)–C–C–N with tert-alkyl or cyclic N) is 1. The van der Waals surface area contributed by atoms with Crippen LogP contribution in [-0.2, 0) is 0 Å². The largest absolute Gasteiger partial charge is 0.392 e. The molecule has 106 valence electrons. The van der Waals surface area contributed by atoms with E-state index in [1.54, 1.807) is 0 Å². The second kappa shape index (κ2) is 6.36. The Labute approximate surface area is 112 Å². The third kappa shape index (κ3) is 3.94. The average Bonchev–Trinajstić information content (AvgIpc) is 2.88. The highest BCUT2D eigenvalue weighted by Gasteiger charge is 2.34. The van der Waals surface area contributed by atoms with Crippen molar-refractivity contribution in [2.75, 3.05) is 19.6 Å². The maximum absolute atomic E-state index is 9.49. The quantitative estimate of drug-likeness (QED) is 0.678. The lowest BCUT2D eigenvalue weighted by molar-refractivity contribution is 0.191. The normalized spacial score (nSPS) is 31.3. The Morgan fingerprint density at radius 3 is 2.61 bits per heavy atom. The van der Waals surface area contributed by atoms with Crippen molar-refractivity contribution in [3.05, 3.63) is 0 Å². The van der Waals surface area contributed by atoms with E-state index in [2.05, 4.69) is 24.5 Å².